The van der Waals surface area contributed by atoms with Gasteiger partial charge in [0.2, 0.25) is 6.79 Å². The molecule has 1 aliphatic rings. The zero-order chi connectivity index (χ0) is 20.2. The molecule has 0 fully saturated rings. The molecule has 1 N–H and O–H groups in total. The second-order valence-corrected chi connectivity index (χ2v) is 7.58. The number of nitrogens with zero attached hydrogens (tertiary/aromatic N) is 2. The van der Waals surface area contributed by atoms with Crippen molar-refractivity contribution >= 4 is 22.4 Å². The molecule has 4 rings (SSSR count). The Morgan fingerprint density at radius 3 is 2.62 bits per heavy atom. The number of amides is 1. The predicted octanol–water partition coefficient (Wildman–Crippen LogP) is 4.63. The van der Waals surface area contributed by atoms with E-state index in [1.165, 1.54) is 16.9 Å². The number of carbonyl (C=O) groups excluding carboxylic acids is 1. The number of hydrogen-bond donors (Lipinski definition) is 1. The van der Waals surface area contributed by atoms with Crippen molar-refractivity contribution in [2.75, 3.05) is 25.2 Å². The molecule has 0 saturated heterocycles. The number of nitrogens with one attached hydrogen (secondary N) is 1. The van der Waals surface area contributed by atoms with E-state index in [9.17, 15) is 4.79 Å². The molecule has 1 amide bonds. The minimum atomic E-state index is -0.161. The number of thiazole rings is 1. The van der Waals surface area contributed by atoms with Crippen LogP contribution in [0.3, 0.4) is 0 Å². The van der Waals surface area contributed by atoms with Crippen LogP contribution in [0.25, 0.3) is 11.3 Å². The van der Waals surface area contributed by atoms with E-state index in [4.69, 9.17) is 9.47 Å². The molecule has 0 bridgehead atoms. The standard InChI is InChI=1S/C22H23N3O3S/c1-3-25(4-2)12-15-5-7-16(8-6-15)21(26)24-22-23-18(13-29-22)17-9-10-19-20(11-17)28-14-27-19/h5-11,13H,3-4,12,14H2,1-2H3,(H,23,24,26). The second kappa shape index (κ2) is 8.63. The molecule has 0 atom stereocenters. The van der Waals surface area contributed by atoms with Gasteiger partial charge in [0.15, 0.2) is 16.6 Å². The molecule has 29 heavy (non-hydrogen) atoms. The van der Waals surface area contributed by atoms with Gasteiger partial charge in [-0.15, -0.1) is 11.3 Å². The summed E-state index contributed by atoms with van der Waals surface area (Å²) in [5.74, 6) is 1.29. The SMILES string of the molecule is CCN(CC)Cc1ccc(C(=O)Nc2nc(-c3ccc4c(c3)OCO4)cs2)cc1. The van der Waals surface area contributed by atoms with Crippen LogP contribution in [0.5, 0.6) is 11.5 Å². The van der Waals surface area contributed by atoms with Gasteiger partial charge in [-0.2, -0.15) is 0 Å². The Labute approximate surface area is 174 Å². The highest BCUT2D eigenvalue weighted by Crippen LogP contribution is 2.36. The van der Waals surface area contributed by atoms with Crippen molar-refractivity contribution in [3.05, 3.63) is 59.0 Å². The summed E-state index contributed by atoms with van der Waals surface area (Å²) in [7, 11) is 0. The monoisotopic (exact) mass is 409 g/mol. The van der Waals surface area contributed by atoms with Crippen LogP contribution in [-0.2, 0) is 6.54 Å². The quantitative estimate of drug-likeness (QED) is 0.616. The van der Waals surface area contributed by atoms with E-state index in [0.29, 0.717) is 16.4 Å². The number of aromatic nitrogens is 1. The van der Waals surface area contributed by atoms with Crippen LogP contribution in [0.2, 0.25) is 0 Å². The average Bonchev–Trinajstić information content (AvgIpc) is 3.41. The lowest BCUT2D eigenvalue weighted by molar-refractivity contribution is 0.102. The van der Waals surface area contributed by atoms with Gasteiger partial charge in [-0.25, -0.2) is 4.98 Å². The van der Waals surface area contributed by atoms with Crippen LogP contribution in [0.4, 0.5) is 5.13 Å². The molecule has 1 aliphatic heterocycles. The van der Waals surface area contributed by atoms with Crippen LogP contribution in [-0.4, -0.2) is 35.7 Å². The molecule has 2 aromatic carbocycles. The molecule has 3 aromatic rings. The number of benzene rings is 2. The van der Waals surface area contributed by atoms with Crippen molar-refractivity contribution in [2.24, 2.45) is 0 Å². The summed E-state index contributed by atoms with van der Waals surface area (Å²) in [5, 5.41) is 5.37. The molecule has 0 saturated carbocycles. The summed E-state index contributed by atoms with van der Waals surface area (Å²) in [6, 6.07) is 13.4. The molecule has 7 heteroatoms. The van der Waals surface area contributed by atoms with Gasteiger partial charge in [0.25, 0.3) is 5.91 Å². The third-order valence-corrected chi connectivity index (χ3v) is 5.67. The summed E-state index contributed by atoms with van der Waals surface area (Å²) >= 11 is 1.40. The van der Waals surface area contributed by atoms with Crippen LogP contribution >= 0.6 is 11.3 Å². The summed E-state index contributed by atoms with van der Waals surface area (Å²) < 4.78 is 10.8. The molecular weight excluding hydrogens is 386 g/mol. The van der Waals surface area contributed by atoms with Crippen molar-refractivity contribution in [3.63, 3.8) is 0 Å². The molecule has 0 unspecified atom stereocenters. The molecule has 0 aliphatic carbocycles. The maximum atomic E-state index is 12.6. The van der Waals surface area contributed by atoms with Gasteiger partial charge in [-0.1, -0.05) is 26.0 Å². The van der Waals surface area contributed by atoms with Crippen molar-refractivity contribution in [1.82, 2.24) is 9.88 Å². The number of hydrogen-bond acceptors (Lipinski definition) is 6. The van der Waals surface area contributed by atoms with Crippen molar-refractivity contribution in [1.29, 1.82) is 0 Å². The lowest BCUT2D eigenvalue weighted by atomic mass is 10.1. The second-order valence-electron chi connectivity index (χ2n) is 6.72. The fourth-order valence-electron chi connectivity index (χ4n) is 3.16. The van der Waals surface area contributed by atoms with Crippen molar-refractivity contribution in [3.8, 4) is 22.8 Å². The number of anilines is 1. The Hall–Kier alpha value is -2.90. The zero-order valence-electron chi connectivity index (χ0n) is 16.5. The molecule has 150 valence electrons. The topological polar surface area (TPSA) is 63.7 Å². The summed E-state index contributed by atoms with van der Waals surface area (Å²) in [6.45, 7) is 7.45. The van der Waals surface area contributed by atoms with Gasteiger partial charge in [0, 0.05) is 23.1 Å². The fourth-order valence-corrected chi connectivity index (χ4v) is 3.87. The molecule has 0 spiro atoms. The lowest BCUT2D eigenvalue weighted by Gasteiger charge is -2.17. The first kappa shape index (κ1) is 19.4. The third kappa shape index (κ3) is 4.41. The molecule has 0 radical (unpaired) electrons. The van der Waals surface area contributed by atoms with Gasteiger partial charge in [0.1, 0.15) is 0 Å². The van der Waals surface area contributed by atoms with E-state index >= 15 is 0 Å². The minimum Gasteiger partial charge on any atom is -0.454 e. The Bertz CT molecular complexity index is 997. The third-order valence-electron chi connectivity index (χ3n) is 4.91. The Morgan fingerprint density at radius 2 is 1.86 bits per heavy atom. The Kier molecular flexibility index (Phi) is 5.78. The number of ether oxygens (including phenoxy) is 2. The number of rotatable bonds is 7. The highest BCUT2D eigenvalue weighted by molar-refractivity contribution is 7.14. The van der Waals surface area contributed by atoms with Gasteiger partial charge < -0.3 is 9.47 Å². The first-order valence-corrected chi connectivity index (χ1v) is 10.5. The van der Waals surface area contributed by atoms with Gasteiger partial charge in [-0.3, -0.25) is 15.0 Å². The first-order chi connectivity index (χ1) is 14.2. The van der Waals surface area contributed by atoms with Gasteiger partial charge in [0.05, 0.1) is 5.69 Å². The van der Waals surface area contributed by atoms with Crippen molar-refractivity contribution < 1.29 is 14.3 Å². The van der Waals surface area contributed by atoms with Crippen LogP contribution in [0, 0.1) is 0 Å². The lowest BCUT2D eigenvalue weighted by Crippen LogP contribution is -2.22. The van der Waals surface area contributed by atoms with E-state index in [1.54, 1.807) is 0 Å². The van der Waals surface area contributed by atoms with Crippen LogP contribution < -0.4 is 14.8 Å². The van der Waals surface area contributed by atoms with Gasteiger partial charge >= 0.3 is 0 Å². The number of fused-ring (bicyclic) bond motifs is 1. The summed E-state index contributed by atoms with van der Waals surface area (Å²) in [5.41, 5.74) is 3.53. The van der Waals surface area contributed by atoms with E-state index in [2.05, 4.69) is 29.0 Å². The maximum Gasteiger partial charge on any atom is 0.257 e. The molecular formula is C22H23N3O3S. The van der Waals surface area contributed by atoms with Crippen LogP contribution in [0.15, 0.2) is 47.8 Å². The predicted molar refractivity (Wildman–Crippen MR) is 115 cm³/mol. The Balaban J connectivity index is 1.41. The smallest absolute Gasteiger partial charge is 0.257 e. The molecule has 6 nitrogen and oxygen atoms in total. The zero-order valence-corrected chi connectivity index (χ0v) is 17.3. The fraction of sp³-hybridized carbons (Fsp3) is 0.273. The maximum absolute atomic E-state index is 12.6. The van der Waals surface area contributed by atoms with E-state index in [0.717, 1.165) is 36.6 Å². The Morgan fingerprint density at radius 1 is 1.10 bits per heavy atom. The number of carbonyl (C=O) groups is 1. The summed E-state index contributed by atoms with van der Waals surface area (Å²) in [6.07, 6.45) is 0. The van der Waals surface area contributed by atoms with E-state index < -0.39 is 0 Å². The highest BCUT2D eigenvalue weighted by atomic mass is 32.1. The van der Waals surface area contributed by atoms with E-state index in [1.807, 2.05) is 47.8 Å². The van der Waals surface area contributed by atoms with Crippen molar-refractivity contribution in [2.45, 2.75) is 20.4 Å². The van der Waals surface area contributed by atoms with E-state index in [-0.39, 0.29) is 12.7 Å². The van der Waals surface area contributed by atoms with Crippen LogP contribution in [0.1, 0.15) is 29.8 Å². The molecule has 1 aromatic heterocycles. The average molecular weight is 410 g/mol. The normalized spacial score (nSPS) is 12.4. The first-order valence-electron chi connectivity index (χ1n) is 9.64. The summed E-state index contributed by atoms with van der Waals surface area (Å²) in [4.78, 5) is 19.4. The largest absolute Gasteiger partial charge is 0.454 e. The minimum absolute atomic E-state index is 0.161. The molecule has 2 heterocycles. The van der Waals surface area contributed by atoms with Gasteiger partial charge in [-0.05, 0) is 49.0 Å². The highest BCUT2D eigenvalue weighted by Gasteiger charge is 2.16.